The summed E-state index contributed by atoms with van der Waals surface area (Å²) in [7, 11) is 0. The minimum Gasteiger partial charge on any atom is -0.443 e. The van der Waals surface area contributed by atoms with Gasteiger partial charge in [0.1, 0.15) is 5.60 Å². The van der Waals surface area contributed by atoms with E-state index in [1.54, 1.807) is 20.8 Å². The van der Waals surface area contributed by atoms with Crippen LogP contribution in [0.2, 0.25) is 0 Å². The van der Waals surface area contributed by atoms with Gasteiger partial charge in [0.05, 0.1) is 12.0 Å². The van der Waals surface area contributed by atoms with Gasteiger partial charge in [-0.15, -0.1) is 0 Å². The molecule has 0 aromatic carbocycles. The molecule has 2 aliphatic rings. The van der Waals surface area contributed by atoms with Gasteiger partial charge in [0, 0.05) is 0 Å². The van der Waals surface area contributed by atoms with Gasteiger partial charge in [-0.25, -0.2) is 9.69 Å². The van der Waals surface area contributed by atoms with E-state index in [0.29, 0.717) is 0 Å². The van der Waals surface area contributed by atoms with Gasteiger partial charge in [-0.3, -0.25) is 4.79 Å². The molecule has 0 aromatic rings. The molecule has 2 atom stereocenters. The molecule has 1 saturated heterocycles. The summed E-state index contributed by atoms with van der Waals surface area (Å²) in [6, 6.07) is 0.118. The Morgan fingerprint density at radius 3 is 2.67 bits per heavy atom. The maximum atomic E-state index is 11.7. The highest BCUT2D eigenvalue weighted by atomic mass is 16.6. The molecule has 4 heteroatoms. The lowest BCUT2D eigenvalue weighted by Crippen LogP contribution is -2.61. The van der Waals surface area contributed by atoms with Crippen LogP contribution in [0.1, 0.15) is 40.0 Å². The number of rotatable bonds is 0. The second-order valence-corrected chi connectivity index (χ2v) is 5.29. The van der Waals surface area contributed by atoms with Crippen molar-refractivity contribution in [1.82, 2.24) is 4.90 Å². The Morgan fingerprint density at radius 2 is 2.07 bits per heavy atom. The quantitative estimate of drug-likeness (QED) is 0.575. The van der Waals surface area contributed by atoms with Crippen LogP contribution < -0.4 is 0 Å². The lowest BCUT2D eigenvalue weighted by Gasteiger charge is -2.41. The van der Waals surface area contributed by atoms with E-state index in [-0.39, 0.29) is 17.9 Å². The zero-order valence-electron chi connectivity index (χ0n) is 9.45. The lowest BCUT2D eigenvalue weighted by atomic mass is 9.91. The lowest BCUT2D eigenvalue weighted by molar-refractivity contribution is -0.151. The van der Waals surface area contributed by atoms with Gasteiger partial charge in [-0.05, 0) is 33.6 Å². The second kappa shape index (κ2) is 3.22. The normalized spacial score (nSPS) is 29.8. The predicted molar refractivity (Wildman–Crippen MR) is 54.2 cm³/mol. The molecule has 2 rings (SSSR count). The summed E-state index contributed by atoms with van der Waals surface area (Å²) in [6.45, 7) is 5.42. The van der Waals surface area contributed by atoms with E-state index in [2.05, 4.69) is 0 Å². The van der Waals surface area contributed by atoms with Crippen molar-refractivity contribution in [1.29, 1.82) is 0 Å². The highest BCUT2D eigenvalue weighted by Gasteiger charge is 2.53. The number of hydrogen-bond acceptors (Lipinski definition) is 3. The van der Waals surface area contributed by atoms with Crippen LogP contribution in [0.15, 0.2) is 0 Å². The van der Waals surface area contributed by atoms with Gasteiger partial charge >= 0.3 is 6.09 Å². The Labute approximate surface area is 89.6 Å². The van der Waals surface area contributed by atoms with Crippen LogP contribution in [0.4, 0.5) is 4.79 Å². The summed E-state index contributed by atoms with van der Waals surface area (Å²) in [5, 5.41) is 0. The molecule has 0 N–H and O–H groups in total. The fourth-order valence-corrected chi connectivity index (χ4v) is 2.33. The molecule has 0 unspecified atom stereocenters. The van der Waals surface area contributed by atoms with E-state index in [9.17, 15) is 9.59 Å². The van der Waals surface area contributed by atoms with Gasteiger partial charge in [-0.1, -0.05) is 6.42 Å². The first kappa shape index (κ1) is 10.5. The molecule has 0 bridgehead atoms. The number of β-lactam (4-membered cyclic amide) rings is 1. The fraction of sp³-hybridized carbons (Fsp3) is 0.818. The first-order chi connectivity index (χ1) is 6.90. The van der Waals surface area contributed by atoms with Gasteiger partial charge in [0.15, 0.2) is 0 Å². The molecule has 1 aliphatic heterocycles. The summed E-state index contributed by atoms with van der Waals surface area (Å²) in [4.78, 5) is 24.6. The number of carbonyl (C=O) groups excluding carboxylic acids is 2. The van der Waals surface area contributed by atoms with Gasteiger partial charge < -0.3 is 4.74 Å². The molecule has 2 fully saturated rings. The zero-order chi connectivity index (χ0) is 11.2. The van der Waals surface area contributed by atoms with Crippen molar-refractivity contribution in [3.8, 4) is 0 Å². The highest BCUT2D eigenvalue weighted by Crippen LogP contribution is 2.40. The number of ether oxygens (including phenoxy) is 1. The standard InChI is InChI=1S/C11H17NO3/c1-11(2,3)15-10(14)12-8-6-4-5-7(8)9(12)13/h7-8H,4-6H2,1-3H3/t7-,8+/m0/s1. The van der Waals surface area contributed by atoms with E-state index < -0.39 is 11.7 Å². The maximum absolute atomic E-state index is 11.7. The van der Waals surface area contributed by atoms with Crippen molar-refractivity contribution in [2.24, 2.45) is 5.92 Å². The highest BCUT2D eigenvalue weighted by molar-refractivity contribution is 5.99. The van der Waals surface area contributed by atoms with Crippen molar-refractivity contribution >= 4 is 12.0 Å². The number of amides is 2. The maximum Gasteiger partial charge on any atom is 0.417 e. The third-order valence-electron chi connectivity index (χ3n) is 2.96. The Kier molecular flexibility index (Phi) is 2.24. The van der Waals surface area contributed by atoms with E-state index in [1.807, 2.05) is 0 Å². The largest absolute Gasteiger partial charge is 0.443 e. The smallest absolute Gasteiger partial charge is 0.417 e. The summed E-state index contributed by atoms with van der Waals surface area (Å²) < 4.78 is 5.19. The van der Waals surface area contributed by atoms with Crippen LogP contribution >= 0.6 is 0 Å². The first-order valence-corrected chi connectivity index (χ1v) is 5.46. The van der Waals surface area contributed by atoms with Gasteiger partial charge in [0.25, 0.3) is 0 Å². The summed E-state index contributed by atoms with van der Waals surface area (Å²) in [5.74, 6) is 0.0456. The first-order valence-electron chi connectivity index (χ1n) is 5.46. The Bertz CT molecular complexity index is 305. The van der Waals surface area contributed by atoms with Crippen molar-refractivity contribution in [2.75, 3.05) is 0 Å². The average Bonchev–Trinajstić information content (AvgIpc) is 2.44. The molecule has 0 aromatic heterocycles. The molecule has 0 spiro atoms. The molecule has 4 nitrogen and oxygen atoms in total. The topological polar surface area (TPSA) is 46.6 Å². The Hall–Kier alpha value is -1.06. The number of likely N-dealkylation sites (tertiary alicyclic amines) is 1. The Balaban J connectivity index is 2.00. The molecule has 1 aliphatic carbocycles. The van der Waals surface area contributed by atoms with Gasteiger partial charge in [-0.2, -0.15) is 0 Å². The van der Waals surface area contributed by atoms with Crippen molar-refractivity contribution < 1.29 is 14.3 Å². The minimum atomic E-state index is -0.527. The Morgan fingerprint density at radius 1 is 1.40 bits per heavy atom. The van der Waals surface area contributed by atoms with Crippen LogP contribution in [-0.2, 0) is 9.53 Å². The van der Waals surface area contributed by atoms with Gasteiger partial charge in [0.2, 0.25) is 5.91 Å². The van der Waals surface area contributed by atoms with E-state index in [1.165, 1.54) is 4.90 Å². The van der Waals surface area contributed by atoms with Crippen molar-refractivity contribution in [3.05, 3.63) is 0 Å². The molecular weight excluding hydrogens is 194 g/mol. The number of imide groups is 1. The molecular formula is C11H17NO3. The molecule has 1 heterocycles. The third-order valence-corrected chi connectivity index (χ3v) is 2.96. The van der Waals surface area contributed by atoms with Crippen molar-refractivity contribution in [3.63, 3.8) is 0 Å². The number of carbonyl (C=O) groups is 2. The number of hydrogen-bond donors (Lipinski definition) is 0. The monoisotopic (exact) mass is 211 g/mol. The molecule has 15 heavy (non-hydrogen) atoms. The molecule has 84 valence electrons. The summed E-state index contributed by atoms with van der Waals surface area (Å²) >= 11 is 0. The number of fused-ring (bicyclic) bond motifs is 1. The SMILES string of the molecule is CC(C)(C)OC(=O)N1C(=O)[C@H]2CCC[C@H]21. The number of nitrogens with zero attached hydrogens (tertiary/aromatic N) is 1. The van der Waals surface area contributed by atoms with Crippen LogP contribution in [0.25, 0.3) is 0 Å². The molecule has 1 saturated carbocycles. The average molecular weight is 211 g/mol. The van der Waals surface area contributed by atoms with Crippen molar-refractivity contribution in [2.45, 2.75) is 51.7 Å². The zero-order valence-corrected chi connectivity index (χ0v) is 9.45. The van der Waals surface area contributed by atoms with E-state index in [0.717, 1.165) is 19.3 Å². The second-order valence-electron chi connectivity index (χ2n) is 5.29. The van der Waals surface area contributed by atoms with E-state index >= 15 is 0 Å². The molecule has 0 radical (unpaired) electrons. The molecule has 2 amide bonds. The summed E-state index contributed by atoms with van der Waals surface area (Å²) in [6.07, 6.45) is 2.44. The minimum absolute atomic E-state index is 0.0493. The predicted octanol–water partition coefficient (Wildman–Crippen LogP) is 1.93. The van der Waals surface area contributed by atoms with Crippen LogP contribution in [-0.4, -0.2) is 28.5 Å². The summed E-state index contributed by atoms with van der Waals surface area (Å²) in [5.41, 5.74) is -0.527. The van der Waals surface area contributed by atoms with E-state index in [4.69, 9.17) is 4.74 Å². The van der Waals surface area contributed by atoms with Crippen LogP contribution in [0.5, 0.6) is 0 Å². The van der Waals surface area contributed by atoms with Crippen LogP contribution in [0, 0.1) is 5.92 Å². The fourth-order valence-electron chi connectivity index (χ4n) is 2.33. The van der Waals surface area contributed by atoms with Crippen LogP contribution in [0.3, 0.4) is 0 Å². The third kappa shape index (κ3) is 1.73.